The van der Waals surface area contributed by atoms with E-state index in [1.165, 1.54) is 21.7 Å². The fourth-order valence-electron chi connectivity index (χ4n) is 3.12. The minimum absolute atomic E-state index is 0.201. The van der Waals surface area contributed by atoms with Crippen molar-refractivity contribution in [2.24, 2.45) is 0 Å². The molecule has 0 unspecified atom stereocenters. The Morgan fingerprint density at radius 2 is 1.90 bits per heavy atom. The summed E-state index contributed by atoms with van der Waals surface area (Å²) in [6.07, 6.45) is 0. The Balaban J connectivity index is 1.62. The van der Waals surface area contributed by atoms with Crippen LogP contribution in [0, 0.1) is 13.8 Å². The summed E-state index contributed by atoms with van der Waals surface area (Å²) in [5.41, 5.74) is 4.56. The molecule has 4 aromatic rings. The van der Waals surface area contributed by atoms with Crippen LogP contribution in [-0.4, -0.2) is 26.2 Å². The van der Waals surface area contributed by atoms with E-state index in [2.05, 4.69) is 34.2 Å². The molecular weight excluding hydrogens is 366 g/mol. The van der Waals surface area contributed by atoms with Gasteiger partial charge in [-0.1, -0.05) is 24.3 Å². The minimum Gasteiger partial charge on any atom is -0.492 e. The summed E-state index contributed by atoms with van der Waals surface area (Å²) in [6, 6.07) is 15.3. The second kappa shape index (κ2) is 7.79. The zero-order valence-corrected chi connectivity index (χ0v) is 16.7. The second-order valence-electron chi connectivity index (χ2n) is 6.88. The maximum Gasteiger partial charge on any atom is 0.274 e. The number of benzene rings is 2. The van der Waals surface area contributed by atoms with E-state index in [1.807, 2.05) is 49.4 Å². The lowest BCUT2D eigenvalue weighted by Gasteiger charge is -2.11. The van der Waals surface area contributed by atoms with Gasteiger partial charge in [0.2, 0.25) is 0 Å². The van der Waals surface area contributed by atoms with E-state index in [0.717, 1.165) is 17.0 Å². The van der Waals surface area contributed by atoms with Crippen molar-refractivity contribution in [1.82, 2.24) is 19.6 Å². The van der Waals surface area contributed by atoms with E-state index in [0.29, 0.717) is 30.4 Å². The number of nitrogens with zero attached hydrogens (tertiary/aromatic N) is 3. The van der Waals surface area contributed by atoms with Crippen LogP contribution in [0.1, 0.15) is 23.7 Å². The van der Waals surface area contributed by atoms with Gasteiger partial charge in [0, 0.05) is 11.6 Å². The van der Waals surface area contributed by atoms with Crippen molar-refractivity contribution in [3.63, 3.8) is 0 Å². The molecule has 0 fully saturated rings. The molecule has 0 spiro atoms. The fraction of sp³-hybridized carbons (Fsp3) is 0.227. The van der Waals surface area contributed by atoms with Gasteiger partial charge in [-0.2, -0.15) is 9.50 Å². The maximum absolute atomic E-state index is 12.5. The number of nitrogens with one attached hydrogen (secondary N) is 2. The van der Waals surface area contributed by atoms with Gasteiger partial charge in [-0.05, 0) is 50.1 Å². The molecule has 0 saturated carbocycles. The standard InChI is InChI=1S/C22H23N5O2/c1-4-29-19-8-6-5-7-18(19)23-13-17-12-20(28)27-22(24-17)25-21(26-27)16-10-9-14(2)15(3)11-16/h5-12,23H,4,13H2,1-3H3,(H,24,25,26). The van der Waals surface area contributed by atoms with Crippen LogP contribution in [0.3, 0.4) is 0 Å². The summed E-state index contributed by atoms with van der Waals surface area (Å²) in [4.78, 5) is 21.6. The summed E-state index contributed by atoms with van der Waals surface area (Å²) in [5, 5.41) is 6.33. The van der Waals surface area contributed by atoms with Crippen LogP contribution in [-0.2, 0) is 6.54 Å². The Hall–Kier alpha value is -3.61. The van der Waals surface area contributed by atoms with Gasteiger partial charge in [0.1, 0.15) is 5.75 Å². The molecule has 0 aliphatic heterocycles. The first kappa shape index (κ1) is 18.7. The lowest BCUT2D eigenvalue weighted by atomic mass is 10.1. The predicted molar refractivity (Wildman–Crippen MR) is 113 cm³/mol. The molecule has 0 atom stereocenters. The normalized spacial score (nSPS) is 11.0. The summed E-state index contributed by atoms with van der Waals surface area (Å²) in [6.45, 7) is 7.03. The molecule has 2 N–H and O–H groups in total. The first-order valence-electron chi connectivity index (χ1n) is 9.57. The maximum atomic E-state index is 12.5. The number of anilines is 1. The molecule has 7 nitrogen and oxygen atoms in total. The van der Waals surface area contributed by atoms with Crippen LogP contribution in [0.4, 0.5) is 5.69 Å². The summed E-state index contributed by atoms with van der Waals surface area (Å²) < 4.78 is 6.99. The van der Waals surface area contributed by atoms with Gasteiger partial charge in [-0.3, -0.25) is 9.89 Å². The Morgan fingerprint density at radius 1 is 1.07 bits per heavy atom. The third-order valence-corrected chi connectivity index (χ3v) is 4.81. The summed E-state index contributed by atoms with van der Waals surface area (Å²) >= 11 is 0. The molecule has 0 aliphatic rings. The average molecular weight is 389 g/mol. The van der Waals surface area contributed by atoms with Crippen molar-refractivity contribution in [2.45, 2.75) is 27.3 Å². The van der Waals surface area contributed by atoms with Crippen LogP contribution in [0.2, 0.25) is 0 Å². The predicted octanol–water partition coefficient (Wildman–Crippen LogP) is 3.71. The van der Waals surface area contributed by atoms with Gasteiger partial charge in [-0.25, -0.2) is 4.98 Å². The number of H-pyrrole nitrogens is 1. The first-order chi connectivity index (χ1) is 14.0. The third-order valence-electron chi connectivity index (χ3n) is 4.81. The molecule has 0 aliphatic carbocycles. The van der Waals surface area contributed by atoms with Crippen LogP contribution in [0.25, 0.3) is 17.2 Å². The second-order valence-corrected chi connectivity index (χ2v) is 6.88. The highest BCUT2D eigenvalue weighted by Gasteiger charge is 2.11. The average Bonchev–Trinajstić information content (AvgIpc) is 3.14. The number of hydrogen-bond acceptors (Lipinski definition) is 5. The van der Waals surface area contributed by atoms with Gasteiger partial charge in [0.25, 0.3) is 11.3 Å². The highest BCUT2D eigenvalue weighted by atomic mass is 16.5. The summed E-state index contributed by atoms with van der Waals surface area (Å²) in [7, 11) is 0. The summed E-state index contributed by atoms with van der Waals surface area (Å²) in [5.74, 6) is 1.73. The highest BCUT2D eigenvalue weighted by molar-refractivity contribution is 5.59. The highest BCUT2D eigenvalue weighted by Crippen LogP contribution is 2.24. The zero-order chi connectivity index (χ0) is 20.4. The van der Waals surface area contributed by atoms with Gasteiger partial charge < -0.3 is 10.1 Å². The molecule has 4 rings (SSSR count). The largest absolute Gasteiger partial charge is 0.492 e. The lowest BCUT2D eigenvalue weighted by molar-refractivity contribution is 0.341. The monoisotopic (exact) mass is 389 g/mol. The van der Waals surface area contributed by atoms with Crippen LogP contribution in [0.15, 0.2) is 53.3 Å². The van der Waals surface area contributed by atoms with Crippen molar-refractivity contribution in [2.75, 3.05) is 11.9 Å². The minimum atomic E-state index is -0.201. The molecule has 0 amide bonds. The number of fused-ring (bicyclic) bond motifs is 1. The Bertz CT molecular complexity index is 1230. The topological polar surface area (TPSA) is 84.3 Å². The first-order valence-corrected chi connectivity index (χ1v) is 9.57. The molecule has 0 saturated heterocycles. The van der Waals surface area contributed by atoms with E-state index >= 15 is 0 Å². The molecule has 2 aromatic carbocycles. The number of hydrogen-bond donors (Lipinski definition) is 2. The fourth-order valence-corrected chi connectivity index (χ4v) is 3.12. The van der Waals surface area contributed by atoms with Crippen molar-refractivity contribution in [1.29, 1.82) is 0 Å². The smallest absolute Gasteiger partial charge is 0.274 e. The van der Waals surface area contributed by atoms with Gasteiger partial charge in [-0.15, -0.1) is 0 Å². The Labute approximate surface area is 168 Å². The van der Waals surface area contributed by atoms with Crippen molar-refractivity contribution in [3.05, 3.63) is 75.7 Å². The number of para-hydroxylation sites is 2. The van der Waals surface area contributed by atoms with E-state index in [9.17, 15) is 4.79 Å². The number of aromatic nitrogens is 4. The van der Waals surface area contributed by atoms with E-state index in [-0.39, 0.29) is 5.56 Å². The molecular formula is C22H23N5O2. The third kappa shape index (κ3) is 3.85. The Morgan fingerprint density at radius 3 is 2.69 bits per heavy atom. The molecule has 0 radical (unpaired) electrons. The molecule has 2 heterocycles. The van der Waals surface area contributed by atoms with Crippen LogP contribution >= 0.6 is 0 Å². The van der Waals surface area contributed by atoms with Gasteiger partial charge >= 0.3 is 0 Å². The quantitative estimate of drug-likeness (QED) is 0.525. The molecule has 0 bridgehead atoms. The van der Waals surface area contributed by atoms with E-state index in [4.69, 9.17) is 4.74 Å². The number of aromatic amines is 1. The zero-order valence-electron chi connectivity index (χ0n) is 16.7. The van der Waals surface area contributed by atoms with Gasteiger partial charge in [0.05, 0.1) is 24.5 Å². The van der Waals surface area contributed by atoms with E-state index in [1.54, 1.807) is 0 Å². The molecule has 29 heavy (non-hydrogen) atoms. The van der Waals surface area contributed by atoms with Gasteiger partial charge in [0.15, 0.2) is 5.82 Å². The number of aryl methyl sites for hydroxylation is 2. The van der Waals surface area contributed by atoms with Crippen LogP contribution < -0.4 is 15.6 Å². The van der Waals surface area contributed by atoms with E-state index < -0.39 is 0 Å². The lowest BCUT2D eigenvalue weighted by Crippen LogP contribution is -2.17. The SMILES string of the molecule is CCOc1ccccc1NCc1cc(=O)n2[nH]c(-c3ccc(C)c(C)c3)nc2n1. The van der Waals surface area contributed by atoms with Crippen molar-refractivity contribution < 1.29 is 4.74 Å². The van der Waals surface area contributed by atoms with Crippen molar-refractivity contribution in [3.8, 4) is 17.1 Å². The number of rotatable bonds is 6. The Kier molecular flexibility index (Phi) is 5.03. The number of ether oxygens (including phenoxy) is 1. The molecule has 2 aromatic heterocycles. The molecule has 148 valence electrons. The molecule has 7 heteroatoms. The van der Waals surface area contributed by atoms with Crippen LogP contribution in [0.5, 0.6) is 5.75 Å². The van der Waals surface area contributed by atoms with Crippen molar-refractivity contribution >= 4 is 11.5 Å².